The molecule has 0 saturated heterocycles. The lowest BCUT2D eigenvalue weighted by Crippen LogP contribution is -2.35. The third kappa shape index (κ3) is 4.19. The van der Waals surface area contributed by atoms with E-state index < -0.39 is 13.2 Å². The molecule has 0 aliphatic heterocycles. The molecule has 0 spiro atoms. The van der Waals surface area contributed by atoms with E-state index in [0.717, 1.165) is 15.9 Å². The molecule has 4 aromatic rings. The number of carbonyl (C=O) groups excluding carboxylic acids is 2. The van der Waals surface area contributed by atoms with Crippen LogP contribution in [0.2, 0.25) is 0 Å². The van der Waals surface area contributed by atoms with Gasteiger partial charge in [0.1, 0.15) is 29.3 Å². The van der Waals surface area contributed by atoms with Crippen molar-refractivity contribution in [2.24, 2.45) is 0 Å². The van der Waals surface area contributed by atoms with Crippen LogP contribution < -0.4 is 21.0 Å². The Kier molecular flexibility index (Phi) is 6.06. The van der Waals surface area contributed by atoms with Crippen LogP contribution in [0.1, 0.15) is 20.7 Å². The van der Waals surface area contributed by atoms with Crippen LogP contribution in [0.4, 0.5) is 0 Å². The Bertz CT molecular complexity index is 1070. The first-order valence-electron chi connectivity index (χ1n) is 10.0. The quantitative estimate of drug-likeness (QED) is 0.338. The third-order valence-corrected chi connectivity index (χ3v) is 9.71. The fourth-order valence-corrected chi connectivity index (χ4v) is 7.97. The number of rotatable bonds is 7. The monoisotopic (exact) mass is 424 g/mol. The summed E-state index contributed by atoms with van der Waals surface area (Å²) in [6.45, 7) is 0. The summed E-state index contributed by atoms with van der Waals surface area (Å²) in [5, 5.41) is 14.5. The van der Waals surface area contributed by atoms with Crippen LogP contribution in [0.3, 0.4) is 0 Å². The molecule has 0 aromatic heterocycles. The molecular formula is C27H21O3P. The zero-order valence-electron chi connectivity index (χ0n) is 16.8. The van der Waals surface area contributed by atoms with Crippen LogP contribution in [0.25, 0.3) is 0 Å². The Morgan fingerprint density at radius 1 is 0.548 bits per heavy atom. The summed E-state index contributed by atoms with van der Waals surface area (Å²) in [4.78, 5) is 24.6. The van der Waals surface area contributed by atoms with E-state index in [9.17, 15) is 14.7 Å². The predicted molar refractivity (Wildman–Crippen MR) is 125 cm³/mol. The molecular weight excluding hydrogens is 403 g/mol. The van der Waals surface area contributed by atoms with Gasteiger partial charge in [-0.3, -0.25) is 4.79 Å². The molecule has 0 aliphatic carbocycles. The minimum atomic E-state index is -2.28. The van der Waals surface area contributed by atoms with E-state index >= 15 is 0 Å². The average Bonchev–Trinajstić information content (AvgIpc) is 2.84. The molecule has 152 valence electrons. The molecule has 0 heterocycles. The zero-order valence-corrected chi connectivity index (χ0v) is 17.7. The van der Waals surface area contributed by atoms with Gasteiger partial charge in [0, 0.05) is 5.56 Å². The summed E-state index contributed by atoms with van der Waals surface area (Å²) < 4.78 is 0. The van der Waals surface area contributed by atoms with E-state index in [0.29, 0.717) is 11.7 Å². The van der Waals surface area contributed by atoms with Gasteiger partial charge in [0.2, 0.25) is 5.78 Å². The Morgan fingerprint density at radius 3 is 1.26 bits per heavy atom. The Morgan fingerprint density at radius 2 is 0.903 bits per heavy atom. The van der Waals surface area contributed by atoms with Gasteiger partial charge in [-0.15, -0.1) is 0 Å². The molecule has 0 unspecified atom stereocenters. The van der Waals surface area contributed by atoms with Crippen molar-refractivity contribution >= 4 is 34.9 Å². The van der Waals surface area contributed by atoms with Crippen LogP contribution in [-0.2, 0) is 0 Å². The first-order valence-corrected chi connectivity index (χ1v) is 12.0. The second kappa shape index (κ2) is 9.07. The number of hydrogen-bond acceptors (Lipinski definition) is 3. The number of hydrogen-bond donors (Lipinski definition) is 0. The number of aromatic carboxylic acids is 1. The van der Waals surface area contributed by atoms with Crippen molar-refractivity contribution in [1.29, 1.82) is 0 Å². The number of carbonyl (C=O) groups is 2. The van der Waals surface area contributed by atoms with E-state index in [1.54, 1.807) is 12.1 Å². The van der Waals surface area contributed by atoms with Gasteiger partial charge < -0.3 is 9.90 Å². The van der Waals surface area contributed by atoms with Crippen molar-refractivity contribution in [3.8, 4) is 0 Å². The standard InChI is InChI=1S/C27H21O3P/c28-26(21-16-18-22(19-17-21)27(29)30)20-31(23-10-4-1-5-11-23,24-12-6-2-7-13-24)25-14-8-3-9-15-25/h1-19H,20H2. The number of carboxylic acids is 1. The minimum absolute atomic E-state index is 0.0187. The van der Waals surface area contributed by atoms with Crippen molar-refractivity contribution in [1.82, 2.24) is 0 Å². The van der Waals surface area contributed by atoms with Gasteiger partial charge in [0.15, 0.2) is 0 Å². The van der Waals surface area contributed by atoms with Crippen LogP contribution in [0, 0.1) is 0 Å². The Labute approximate surface area is 182 Å². The molecule has 4 rings (SSSR count). The maximum atomic E-state index is 13.5. The topological polar surface area (TPSA) is 57.2 Å². The maximum Gasteiger partial charge on any atom is 0.201 e. The highest BCUT2D eigenvalue weighted by Crippen LogP contribution is 2.55. The summed E-state index contributed by atoms with van der Waals surface area (Å²) in [5.74, 6) is -1.27. The molecule has 0 radical (unpaired) electrons. The minimum Gasteiger partial charge on any atom is -0.545 e. The molecule has 31 heavy (non-hydrogen) atoms. The van der Waals surface area contributed by atoms with E-state index in [-0.39, 0.29) is 11.3 Å². The summed E-state index contributed by atoms with van der Waals surface area (Å²) in [6.07, 6.45) is 0.315. The number of ketones is 1. The summed E-state index contributed by atoms with van der Waals surface area (Å²) in [5.41, 5.74) is 0.559. The van der Waals surface area contributed by atoms with E-state index in [4.69, 9.17) is 0 Å². The average molecular weight is 424 g/mol. The first kappa shape index (κ1) is 20.7. The molecule has 4 aromatic carbocycles. The largest absolute Gasteiger partial charge is 0.545 e. The van der Waals surface area contributed by atoms with Crippen molar-refractivity contribution < 1.29 is 14.7 Å². The lowest BCUT2D eigenvalue weighted by molar-refractivity contribution is -0.255. The second-order valence-corrected chi connectivity index (χ2v) is 10.7. The van der Waals surface area contributed by atoms with Gasteiger partial charge in [0.25, 0.3) is 0 Å². The number of carboxylic acid groups (broad SMARTS) is 1. The van der Waals surface area contributed by atoms with E-state index in [1.165, 1.54) is 12.1 Å². The Hall–Kier alpha value is -3.55. The predicted octanol–water partition coefficient (Wildman–Crippen LogP) is 3.23. The van der Waals surface area contributed by atoms with Gasteiger partial charge in [-0.05, 0) is 42.0 Å². The number of benzene rings is 4. The maximum absolute atomic E-state index is 13.5. The van der Waals surface area contributed by atoms with Crippen molar-refractivity contribution in [2.75, 3.05) is 6.16 Å². The van der Waals surface area contributed by atoms with Crippen molar-refractivity contribution in [3.63, 3.8) is 0 Å². The fourth-order valence-electron chi connectivity index (χ4n) is 3.87. The molecule has 0 atom stereocenters. The molecule has 3 nitrogen and oxygen atoms in total. The lowest BCUT2D eigenvalue weighted by atomic mass is 10.1. The molecule has 0 amide bonds. The normalized spacial score (nSPS) is 11.1. The van der Waals surface area contributed by atoms with E-state index in [1.807, 2.05) is 54.6 Å². The second-order valence-electron chi connectivity index (χ2n) is 7.26. The first-order chi connectivity index (χ1) is 15.1. The van der Waals surface area contributed by atoms with Gasteiger partial charge in [-0.1, -0.05) is 78.9 Å². The summed E-state index contributed by atoms with van der Waals surface area (Å²) in [7, 11) is -2.28. The highest BCUT2D eigenvalue weighted by molar-refractivity contribution is 7.96. The molecule has 4 heteroatoms. The highest BCUT2D eigenvalue weighted by Gasteiger charge is 2.47. The molecule has 0 bridgehead atoms. The van der Waals surface area contributed by atoms with Gasteiger partial charge in [-0.2, -0.15) is 0 Å². The fraction of sp³-hybridized carbons (Fsp3) is 0.0370. The van der Waals surface area contributed by atoms with Crippen molar-refractivity contribution in [2.45, 2.75) is 0 Å². The van der Waals surface area contributed by atoms with Crippen LogP contribution in [-0.4, -0.2) is 17.9 Å². The highest BCUT2D eigenvalue weighted by atomic mass is 31.2. The SMILES string of the molecule is O=C([O-])c1ccc(C(=O)C[P+](c2ccccc2)(c2ccccc2)c2ccccc2)cc1. The Balaban J connectivity index is 1.88. The van der Waals surface area contributed by atoms with Gasteiger partial charge in [0.05, 0.1) is 5.97 Å². The van der Waals surface area contributed by atoms with Gasteiger partial charge in [-0.25, -0.2) is 0 Å². The van der Waals surface area contributed by atoms with Gasteiger partial charge >= 0.3 is 0 Å². The summed E-state index contributed by atoms with van der Waals surface area (Å²) in [6, 6.07) is 36.6. The van der Waals surface area contributed by atoms with Crippen LogP contribution >= 0.6 is 7.26 Å². The number of Topliss-reactive ketones (excluding diaryl/α,β-unsaturated/α-hetero) is 1. The zero-order chi connectivity index (χ0) is 21.7. The molecule has 0 saturated carbocycles. The third-order valence-electron chi connectivity index (χ3n) is 5.41. The lowest BCUT2D eigenvalue weighted by Gasteiger charge is -2.27. The van der Waals surface area contributed by atoms with Crippen molar-refractivity contribution in [3.05, 3.63) is 126 Å². The molecule has 0 fully saturated rings. The van der Waals surface area contributed by atoms with Crippen LogP contribution in [0.5, 0.6) is 0 Å². The van der Waals surface area contributed by atoms with Crippen LogP contribution in [0.15, 0.2) is 115 Å². The smallest absolute Gasteiger partial charge is 0.201 e. The summed E-state index contributed by atoms with van der Waals surface area (Å²) >= 11 is 0. The van der Waals surface area contributed by atoms with E-state index in [2.05, 4.69) is 36.4 Å². The molecule has 0 N–H and O–H groups in total. The molecule has 0 aliphatic rings.